The van der Waals surface area contributed by atoms with E-state index < -0.39 is 0 Å². The monoisotopic (exact) mass is 301 g/mol. The molecule has 1 unspecified atom stereocenters. The van der Waals surface area contributed by atoms with Crippen LogP contribution in [-0.4, -0.2) is 19.4 Å². The Bertz CT molecular complexity index is 530. The van der Waals surface area contributed by atoms with Gasteiger partial charge in [-0.05, 0) is 42.8 Å². The van der Waals surface area contributed by atoms with Crippen molar-refractivity contribution in [3.63, 3.8) is 0 Å². The largest absolute Gasteiger partial charge is 0.497 e. The Balaban J connectivity index is 2.06. The van der Waals surface area contributed by atoms with Crippen molar-refractivity contribution in [1.29, 1.82) is 0 Å². The summed E-state index contributed by atoms with van der Waals surface area (Å²) >= 11 is 1.88. The van der Waals surface area contributed by atoms with E-state index in [2.05, 4.69) is 60.8 Å². The second-order valence-electron chi connectivity index (χ2n) is 4.91. The van der Waals surface area contributed by atoms with E-state index in [1.54, 1.807) is 7.11 Å². The van der Waals surface area contributed by atoms with Crippen LogP contribution in [0.4, 0.5) is 0 Å². The summed E-state index contributed by atoms with van der Waals surface area (Å²) < 4.78 is 5.34. The van der Waals surface area contributed by atoms with Crippen LogP contribution >= 0.6 is 11.8 Å². The number of hydrogen-bond acceptors (Lipinski definition) is 3. The molecule has 112 valence electrons. The zero-order valence-corrected chi connectivity index (χ0v) is 13.5. The normalized spacial score (nSPS) is 12.1. The molecule has 0 heterocycles. The molecule has 3 heteroatoms. The lowest BCUT2D eigenvalue weighted by atomic mass is 10.1. The van der Waals surface area contributed by atoms with E-state index in [-0.39, 0.29) is 0 Å². The minimum absolute atomic E-state index is 0.338. The third-order valence-corrected chi connectivity index (χ3v) is 4.40. The third kappa shape index (κ3) is 5.10. The quantitative estimate of drug-likeness (QED) is 0.724. The molecule has 21 heavy (non-hydrogen) atoms. The van der Waals surface area contributed by atoms with Crippen LogP contribution in [0.1, 0.15) is 24.9 Å². The van der Waals surface area contributed by atoms with Gasteiger partial charge in [0.05, 0.1) is 7.11 Å². The maximum Gasteiger partial charge on any atom is 0.119 e. The topological polar surface area (TPSA) is 21.3 Å². The molecular formula is C18H23NOS. The number of hydrogen-bond donors (Lipinski definition) is 1. The summed E-state index contributed by atoms with van der Waals surface area (Å²) in [5.74, 6) is 1.93. The molecule has 0 aliphatic carbocycles. The third-order valence-electron chi connectivity index (χ3n) is 3.30. The van der Waals surface area contributed by atoms with E-state index in [0.29, 0.717) is 6.04 Å². The van der Waals surface area contributed by atoms with Crippen molar-refractivity contribution in [3.05, 3.63) is 60.2 Å². The molecular weight excluding hydrogens is 278 g/mol. The Hall–Kier alpha value is -1.45. The lowest BCUT2D eigenvalue weighted by molar-refractivity contribution is 0.413. The molecule has 2 nitrogen and oxygen atoms in total. The van der Waals surface area contributed by atoms with Crippen molar-refractivity contribution in [2.75, 3.05) is 19.4 Å². The molecule has 0 amide bonds. The van der Waals surface area contributed by atoms with Crippen molar-refractivity contribution in [1.82, 2.24) is 5.32 Å². The van der Waals surface area contributed by atoms with Gasteiger partial charge in [0, 0.05) is 16.7 Å². The molecule has 0 fully saturated rings. The number of thioether (sulfide) groups is 1. The highest BCUT2D eigenvalue weighted by Gasteiger charge is 2.12. The number of nitrogens with one attached hydrogen (secondary N) is 1. The summed E-state index contributed by atoms with van der Waals surface area (Å²) in [7, 11) is 1.71. The molecule has 2 rings (SSSR count). The van der Waals surface area contributed by atoms with Gasteiger partial charge in [0.25, 0.3) is 0 Å². The van der Waals surface area contributed by atoms with E-state index in [0.717, 1.165) is 24.5 Å². The zero-order valence-electron chi connectivity index (χ0n) is 12.7. The molecule has 0 aliphatic heterocycles. The van der Waals surface area contributed by atoms with Gasteiger partial charge >= 0.3 is 0 Å². The molecule has 0 aromatic heterocycles. The summed E-state index contributed by atoms with van der Waals surface area (Å²) in [6.07, 6.45) is 1.14. The molecule has 1 atom stereocenters. The Kier molecular flexibility index (Phi) is 6.64. The standard InChI is InChI=1S/C18H23NOS/c1-3-12-19-18(14-21-17-10-5-4-6-11-17)15-8-7-9-16(13-15)20-2/h4-11,13,18-19H,3,12,14H2,1-2H3. The highest BCUT2D eigenvalue weighted by Crippen LogP contribution is 2.26. The van der Waals surface area contributed by atoms with Crippen LogP contribution in [-0.2, 0) is 0 Å². The van der Waals surface area contributed by atoms with E-state index in [1.807, 2.05) is 17.8 Å². The van der Waals surface area contributed by atoms with Gasteiger partial charge in [-0.3, -0.25) is 0 Å². The summed E-state index contributed by atoms with van der Waals surface area (Å²) in [6.45, 7) is 3.22. The van der Waals surface area contributed by atoms with Crippen molar-refractivity contribution < 1.29 is 4.74 Å². The summed E-state index contributed by atoms with van der Waals surface area (Å²) in [4.78, 5) is 1.31. The Morgan fingerprint density at radius 1 is 1.10 bits per heavy atom. The predicted molar refractivity (Wildman–Crippen MR) is 91.2 cm³/mol. The van der Waals surface area contributed by atoms with Gasteiger partial charge in [0.15, 0.2) is 0 Å². The fourth-order valence-electron chi connectivity index (χ4n) is 2.15. The van der Waals surface area contributed by atoms with Crippen LogP contribution in [0.5, 0.6) is 5.75 Å². The first-order chi connectivity index (χ1) is 10.3. The fraction of sp³-hybridized carbons (Fsp3) is 0.333. The summed E-state index contributed by atoms with van der Waals surface area (Å²) in [6, 6.07) is 19.2. The maximum absolute atomic E-state index is 5.34. The summed E-state index contributed by atoms with van der Waals surface area (Å²) in [5.41, 5.74) is 1.28. The van der Waals surface area contributed by atoms with Crippen LogP contribution in [0.25, 0.3) is 0 Å². The Morgan fingerprint density at radius 3 is 2.62 bits per heavy atom. The lowest BCUT2D eigenvalue weighted by Crippen LogP contribution is -2.24. The molecule has 0 radical (unpaired) electrons. The van der Waals surface area contributed by atoms with E-state index >= 15 is 0 Å². The van der Waals surface area contributed by atoms with Gasteiger partial charge in [-0.2, -0.15) is 0 Å². The highest BCUT2D eigenvalue weighted by molar-refractivity contribution is 7.99. The van der Waals surface area contributed by atoms with Gasteiger partial charge in [0.1, 0.15) is 5.75 Å². The van der Waals surface area contributed by atoms with E-state index in [9.17, 15) is 0 Å². The Labute approximate surface area is 131 Å². The average Bonchev–Trinajstić information content (AvgIpc) is 2.56. The number of methoxy groups -OCH3 is 1. The molecule has 2 aromatic carbocycles. The van der Waals surface area contributed by atoms with Crippen molar-refractivity contribution in [2.45, 2.75) is 24.3 Å². The lowest BCUT2D eigenvalue weighted by Gasteiger charge is -2.19. The van der Waals surface area contributed by atoms with Crippen LogP contribution in [0.15, 0.2) is 59.5 Å². The molecule has 0 spiro atoms. The SMILES string of the molecule is CCCNC(CSc1ccccc1)c1cccc(OC)c1. The van der Waals surface area contributed by atoms with Gasteiger partial charge in [-0.1, -0.05) is 37.3 Å². The number of benzene rings is 2. The van der Waals surface area contributed by atoms with Crippen LogP contribution in [0, 0.1) is 0 Å². The average molecular weight is 301 g/mol. The predicted octanol–water partition coefficient (Wildman–Crippen LogP) is 4.53. The first-order valence-electron chi connectivity index (χ1n) is 7.38. The molecule has 0 aliphatic rings. The molecule has 2 aromatic rings. The maximum atomic E-state index is 5.34. The van der Waals surface area contributed by atoms with Crippen LogP contribution in [0.3, 0.4) is 0 Å². The minimum atomic E-state index is 0.338. The Morgan fingerprint density at radius 2 is 1.90 bits per heavy atom. The molecule has 0 bridgehead atoms. The summed E-state index contributed by atoms with van der Waals surface area (Å²) in [5, 5.41) is 3.63. The van der Waals surface area contributed by atoms with Crippen molar-refractivity contribution in [3.8, 4) is 5.75 Å². The molecule has 0 saturated heterocycles. The van der Waals surface area contributed by atoms with Gasteiger partial charge in [0.2, 0.25) is 0 Å². The molecule has 0 saturated carbocycles. The van der Waals surface area contributed by atoms with E-state index in [1.165, 1.54) is 10.5 Å². The fourth-order valence-corrected chi connectivity index (χ4v) is 3.17. The second kappa shape index (κ2) is 8.75. The van der Waals surface area contributed by atoms with Crippen LogP contribution < -0.4 is 10.1 Å². The van der Waals surface area contributed by atoms with Crippen LogP contribution in [0.2, 0.25) is 0 Å². The van der Waals surface area contributed by atoms with Crippen molar-refractivity contribution >= 4 is 11.8 Å². The van der Waals surface area contributed by atoms with Gasteiger partial charge in [-0.15, -0.1) is 11.8 Å². The molecule has 1 N–H and O–H groups in total. The first kappa shape index (κ1) is 15.9. The highest BCUT2D eigenvalue weighted by atomic mass is 32.2. The second-order valence-corrected chi connectivity index (χ2v) is 6.00. The smallest absolute Gasteiger partial charge is 0.119 e. The van der Waals surface area contributed by atoms with Gasteiger partial charge < -0.3 is 10.1 Å². The van der Waals surface area contributed by atoms with E-state index in [4.69, 9.17) is 4.74 Å². The first-order valence-corrected chi connectivity index (χ1v) is 8.37. The zero-order chi connectivity index (χ0) is 14.9. The number of ether oxygens (including phenoxy) is 1. The van der Waals surface area contributed by atoms with Crippen molar-refractivity contribution in [2.24, 2.45) is 0 Å². The number of rotatable bonds is 8. The minimum Gasteiger partial charge on any atom is -0.497 e. The van der Waals surface area contributed by atoms with Gasteiger partial charge in [-0.25, -0.2) is 0 Å².